The molecule has 0 heterocycles. The van der Waals surface area contributed by atoms with Crippen molar-refractivity contribution in [3.05, 3.63) is 0 Å². The van der Waals surface area contributed by atoms with Crippen LogP contribution >= 0.6 is 0 Å². The zero-order valence-electron chi connectivity index (χ0n) is 13.2. The number of esters is 1. The third kappa shape index (κ3) is 19.2. The third-order valence-electron chi connectivity index (χ3n) is 2.10. The van der Waals surface area contributed by atoms with Gasteiger partial charge >= 0.3 is 11.9 Å². The third-order valence-corrected chi connectivity index (χ3v) is 2.10. The zero-order valence-corrected chi connectivity index (χ0v) is 13.2. The number of unbranched alkanes of at least 4 members (excludes halogenated alkanes) is 1. The van der Waals surface area contributed by atoms with E-state index in [1.165, 1.54) is 6.92 Å². The maximum atomic E-state index is 10.4. The number of rotatable bonds is 9. The summed E-state index contributed by atoms with van der Waals surface area (Å²) in [5.74, 6) is -1.11. The molecule has 2 unspecified atom stereocenters. The highest BCUT2D eigenvalue weighted by molar-refractivity contribution is 5.67. The molecular formula is C14H28O6. The summed E-state index contributed by atoms with van der Waals surface area (Å²) in [5.41, 5.74) is 0. The van der Waals surface area contributed by atoms with E-state index < -0.39 is 12.3 Å². The molecule has 2 atom stereocenters. The molecule has 0 saturated heterocycles. The van der Waals surface area contributed by atoms with Crippen LogP contribution < -0.4 is 0 Å². The number of aliphatic carboxylic acids is 1. The molecule has 0 spiro atoms. The Balaban J connectivity index is 0. The van der Waals surface area contributed by atoms with E-state index in [1.54, 1.807) is 13.8 Å². The van der Waals surface area contributed by atoms with Crippen LogP contribution in [0.1, 0.15) is 53.9 Å². The van der Waals surface area contributed by atoms with Gasteiger partial charge in [0, 0.05) is 13.5 Å². The standard InChI is InChI=1S/C8H16O3.C6H12O3/c1-4-5-6-10-8(3)11-7(2)9;1-3-9-5(2)4-6(7)8/h8H,4-6H2,1-3H3;5H,3-4H2,1-2H3,(H,7,8). The number of carbonyl (C=O) groups excluding carboxylic acids is 1. The number of carboxylic acid groups (broad SMARTS) is 1. The molecule has 6 heteroatoms. The molecule has 0 aliphatic heterocycles. The minimum absolute atomic E-state index is 0.0911. The fraction of sp³-hybridized carbons (Fsp3) is 0.857. The highest BCUT2D eigenvalue weighted by Gasteiger charge is 2.05. The predicted molar refractivity (Wildman–Crippen MR) is 75.4 cm³/mol. The molecular weight excluding hydrogens is 264 g/mol. The normalized spacial score (nSPS) is 12.8. The van der Waals surface area contributed by atoms with Gasteiger partial charge in [-0.15, -0.1) is 0 Å². The van der Waals surface area contributed by atoms with Crippen LogP contribution in [0.3, 0.4) is 0 Å². The minimum atomic E-state index is -0.809. The molecule has 0 aliphatic carbocycles. The molecule has 1 N–H and O–H groups in total. The van der Waals surface area contributed by atoms with Crippen LogP contribution in [0.5, 0.6) is 0 Å². The van der Waals surface area contributed by atoms with Gasteiger partial charge in [0.05, 0.1) is 19.1 Å². The fourth-order valence-electron chi connectivity index (χ4n) is 1.25. The van der Waals surface area contributed by atoms with Gasteiger partial charge in [-0.2, -0.15) is 0 Å². The Bertz CT molecular complexity index is 254. The van der Waals surface area contributed by atoms with E-state index >= 15 is 0 Å². The number of ether oxygens (including phenoxy) is 3. The van der Waals surface area contributed by atoms with Gasteiger partial charge < -0.3 is 19.3 Å². The van der Waals surface area contributed by atoms with Crippen molar-refractivity contribution in [1.29, 1.82) is 0 Å². The van der Waals surface area contributed by atoms with E-state index in [4.69, 9.17) is 19.3 Å². The first-order chi connectivity index (χ1) is 9.33. The van der Waals surface area contributed by atoms with Crippen LogP contribution in [-0.4, -0.2) is 42.7 Å². The lowest BCUT2D eigenvalue weighted by molar-refractivity contribution is -0.172. The number of hydrogen-bond acceptors (Lipinski definition) is 5. The molecule has 0 saturated carbocycles. The van der Waals surface area contributed by atoms with E-state index in [1.807, 2.05) is 6.92 Å². The topological polar surface area (TPSA) is 82.1 Å². The van der Waals surface area contributed by atoms with Crippen LogP contribution in [0.25, 0.3) is 0 Å². The summed E-state index contributed by atoms with van der Waals surface area (Å²) < 4.78 is 14.9. The molecule has 0 amide bonds. The van der Waals surface area contributed by atoms with Crippen molar-refractivity contribution in [3.8, 4) is 0 Å². The molecule has 0 fully saturated rings. The van der Waals surface area contributed by atoms with Crippen molar-refractivity contribution in [2.24, 2.45) is 0 Å². The van der Waals surface area contributed by atoms with Crippen molar-refractivity contribution < 1.29 is 28.9 Å². The SMILES string of the molecule is CCCCOC(C)OC(C)=O.CCOC(C)CC(=O)O. The first-order valence-corrected chi connectivity index (χ1v) is 6.95. The lowest BCUT2D eigenvalue weighted by Crippen LogP contribution is -2.16. The van der Waals surface area contributed by atoms with Crippen molar-refractivity contribution in [1.82, 2.24) is 0 Å². The molecule has 0 radical (unpaired) electrons. The highest BCUT2D eigenvalue weighted by atomic mass is 16.7. The zero-order chi connectivity index (χ0) is 16.0. The summed E-state index contributed by atoms with van der Waals surface area (Å²) in [6, 6.07) is 0. The Kier molecular flexibility index (Phi) is 15.1. The fourth-order valence-corrected chi connectivity index (χ4v) is 1.25. The molecule has 120 valence electrons. The second-order valence-electron chi connectivity index (χ2n) is 4.27. The van der Waals surface area contributed by atoms with Crippen molar-refractivity contribution in [2.45, 2.75) is 66.3 Å². The van der Waals surface area contributed by atoms with E-state index in [-0.39, 0.29) is 18.5 Å². The Labute approximate surface area is 121 Å². The summed E-state index contributed by atoms with van der Waals surface area (Å²) in [4.78, 5) is 20.4. The lowest BCUT2D eigenvalue weighted by atomic mass is 10.3. The van der Waals surface area contributed by atoms with Gasteiger partial charge in [-0.3, -0.25) is 9.59 Å². The number of carbonyl (C=O) groups is 2. The van der Waals surface area contributed by atoms with Crippen LogP contribution in [-0.2, 0) is 23.8 Å². The Morgan fingerprint density at radius 1 is 1.15 bits per heavy atom. The van der Waals surface area contributed by atoms with Gasteiger partial charge in [-0.05, 0) is 27.2 Å². The molecule has 6 nitrogen and oxygen atoms in total. The summed E-state index contributed by atoms with van der Waals surface area (Å²) >= 11 is 0. The van der Waals surface area contributed by atoms with E-state index in [2.05, 4.69) is 6.92 Å². The molecule has 0 aromatic rings. The largest absolute Gasteiger partial charge is 0.481 e. The van der Waals surface area contributed by atoms with Gasteiger partial charge in [0.15, 0.2) is 6.29 Å². The Hall–Kier alpha value is -1.14. The van der Waals surface area contributed by atoms with Crippen molar-refractivity contribution in [2.75, 3.05) is 13.2 Å². The van der Waals surface area contributed by atoms with Crippen LogP contribution in [0, 0.1) is 0 Å². The average molecular weight is 292 g/mol. The van der Waals surface area contributed by atoms with Crippen LogP contribution in [0.2, 0.25) is 0 Å². The van der Waals surface area contributed by atoms with E-state index in [0.717, 1.165) is 12.8 Å². The maximum absolute atomic E-state index is 10.4. The van der Waals surface area contributed by atoms with Gasteiger partial charge in [-0.1, -0.05) is 13.3 Å². The second-order valence-corrected chi connectivity index (χ2v) is 4.27. The van der Waals surface area contributed by atoms with E-state index in [9.17, 15) is 9.59 Å². The summed E-state index contributed by atoms with van der Waals surface area (Å²) in [6.45, 7) is 10.0. The first kappa shape index (κ1) is 21.2. The Morgan fingerprint density at radius 3 is 2.15 bits per heavy atom. The predicted octanol–water partition coefficient (Wildman–Crippen LogP) is 2.60. The smallest absolute Gasteiger partial charge is 0.305 e. The average Bonchev–Trinajstić information content (AvgIpc) is 2.28. The summed E-state index contributed by atoms with van der Waals surface area (Å²) in [6.07, 6.45) is 1.62. The molecule has 0 aromatic heterocycles. The molecule has 0 aromatic carbocycles. The van der Waals surface area contributed by atoms with Crippen LogP contribution in [0.15, 0.2) is 0 Å². The summed E-state index contributed by atoms with van der Waals surface area (Å²) in [5, 5.41) is 8.23. The van der Waals surface area contributed by atoms with Gasteiger partial charge in [0.25, 0.3) is 0 Å². The monoisotopic (exact) mass is 292 g/mol. The minimum Gasteiger partial charge on any atom is -0.481 e. The van der Waals surface area contributed by atoms with Gasteiger partial charge in [0.1, 0.15) is 0 Å². The summed E-state index contributed by atoms with van der Waals surface area (Å²) in [7, 11) is 0. The first-order valence-electron chi connectivity index (χ1n) is 6.95. The van der Waals surface area contributed by atoms with Crippen molar-refractivity contribution >= 4 is 11.9 Å². The van der Waals surface area contributed by atoms with Crippen LogP contribution in [0.4, 0.5) is 0 Å². The van der Waals surface area contributed by atoms with Gasteiger partial charge in [0.2, 0.25) is 0 Å². The van der Waals surface area contributed by atoms with E-state index in [0.29, 0.717) is 13.2 Å². The molecule has 0 bridgehead atoms. The maximum Gasteiger partial charge on any atom is 0.305 e. The molecule has 20 heavy (non-hydrogen) atoms. The Morgan fingerprint density at radius 2 is 1.75 bits per heavy atom. The number of hydrogen-bond donors (Lipinski definition) is 1. The second kappa shape index (κ2) is 14.3. The highest BCUT2D eigenvalue weighted by Crippen LogP contribution is 1.96. The molecule has 0 rings (SSSR count). The van der Waals surface area contributed by atoms with Gasteiger partial charge in [-0.25, -0.2) is 0 Å². The molecule has 0 aliphatic rings. The number of carboxylic acids is 1. The lowest BCUT2D eigenvalue weighted by Gasteiger charge is -2.11. The van der Waals surface area contributed by atoms with Crippen molar-refractivity contribution in [3.63, 3.8) is 0 Å². The quantitative estimate of drug-likeness (QED) is 0.399.